The van der Waals surface area contributed by atoms with Crippen molar-refractivity contribution in [3.63, 3.8) is 0 Å². The fourth-order valence-corrected chi connectivity index (χ4v) is 4.09. The largest absolute Gasteiger partial charge is 0.496 e. The molecule has 27 heavy (non-hydrogen) atoms. The molecule has 0 aliphatic carbocycles. The van der Waals surface area contributed by atoms with Gasteiger partial charge in [-0.2, -0.15) is 0 Å². The third-order valence-electron chi connectivity index (χ3n) is 5.80. The molecule has 0 unspecified atom stereocenters. The van der Waals surface area contributed by atoms with Gasteiger partial charge in [-0.25, -0.2) is 0 Å². The zero-order chi connectivity index (χ0) is 19.4. The van der Waals surface area contributed by atoms with Crippen LogP contribution in [0.15, 0.2) is 12.1 Å². The molecule has 1 aromatic rings. The van der Waals surface area contributed by atoms with Gasteiger partial charge in [0.1, 0.15) is 11.5 Å². The second kappa shape index (κ2) is 8.63. The quantitative estimate of drug-likeness (QED) is 0.813. The van der Waals surface area contributed by atoms with E-state index in [2.05, 4.69) is 0 Å². The van der Waals surface area contributed by atoms with Crippen LogP contribution in [0.4, 0.5) is 0 Å². The molecule has 2 fully saturated rings. The molecule has 2 aliphatic rings. The lowest BCUT2D eigenvalue weighted by molar-refractivity contribution is -0.137. The van der Waals surface area contributed by atoms with Crippen molar-refractivity contribution >= 4 is 11.8 Å². The molecule has 2 aliphatic heterocycles. The van der Waals surface area contributed by atoms with Gasteiger partial charge in [-0.3, -0.25) is 9.59 Å². The predicted molar refractivity (Wildman–Crippen MR) is 103 cm³/mol. The van der Waals surface area contributed by atoms with E-state index in [1.54, 1.807) is 26.4 Å². The van der Waals surface area contributed by atoms with Crippen LogP contribution in [0.2, 0.25) is 0 Å². The Labute approximate surface area is 161 Å². The highest BCUT2D eigenvalue weighted by atomic mass is 16.5. The lowest BCUT2D eigenvalue weighted by Gasteiger charge is -2.35. The smallest absolute Gasteiger partial charge is 0.254 e. The van der Waals surface area contributed by atoms with Gasteiger partial charge < -0.3 is 19.3 Å². The fourth-order valence-electron chi connectivity index (χ4n) is 4.09. The molecule has 2 amide bonds. The minimum absolute atomic E-state index is 0.0320. The Morgan fingerprint density at radius 2 is 1.44 bits per heavy atom. The zero-order valence-electron chi connectivity index (χ0n) is 16.6. The summed E-state index contributed by atoms with van der Waals surface area (Å²) in [5, 5.41) is 0. The first-order valence-corrected chi connectivity index (χ1v) is 9.85. The Morgan fingerprint density at radius 1 is 0.889 bits per heavy atom. The number of piperidine rings is 2. The molecule has 3 rings (SSSR count). The summed E-state index contributed by atoms with van der Waals surface area (Å²) in [6.07, 6.45) is 4.92. The summed E-state index contributed by atoms with van der Waals surface area (Å²) in [6, 6.07) is 3.54. The topological polar surface area (TPSA) is 59.1 Å². The molecule has 0 atom stereocenters. The van der Waals surface area contributed by atoms with Crippen molar-refractivity contribution in [1.29, 1.82) is 0 Å². The number of carbonyl (C=O) groups excluding carboxylic acids is 2. The molecule has 6 nitrogen and oxygen atoms in total. The average molecular weight is 374 g/mol. The minimum atomic E-state index is -0.0320. The van der Waals surface area contributed by atoms with E-state index in [-0.39, 0.29) is 17.7 Å². The maximum absolute atomic E-state index is 12.9. The highest BCUT2D eigenvalue weighted by molar-refractivity contribution is 5.95. The van der Waals surface area contributed by atoms with E-state index < -0.39 is 0 Å². The van der Waals surface area contributed by atoms with E-state index in [4.69, 9.17) is 9.47 Å². The number of amides is 2. The van der Waals surface area contributed by atoms with Crippen LogP contribution in [0.3, 0.4) is 0 Å². The predicted octanol–water partition coefficient (Wildman–Crippen LogP) is 2.88. The standard InChI is InChI=1S/C21H30N2O4/c1-15-18(26-2)13-17(14-19(15)27-3)21(25)23-11-7-16(8-12-23)20(24)22-9-5-4-6-10-22/h13-14,16H,4-12H2,1-3H3. The maximum Gasteiger partial charge on any atom is 0.254 e. The van der Waals surface area contributed by atoms with Crippen LogP contribution in [0.5, 0.6) is 11.5 Å². The third-order valence-corrected chi connectivity index (χ3v) is 5.80. The molecule has 0 bridgehead atoms. The first kappa shape index (κ1) is 19.5. The van der Waals surface area contributed by atoms with E-state index in [0.29, 0.717) is 30.2 Å². The molecule has 0 radical (unpaired) electrons. The Hall–Kier alpha value is -2.24. The van der Waals surface area contributed by atoms with Crippen LogP contribution in [0, 0.1) is 12.8 Å². The number of likely N-dealkylation sites (tertiary alicyclic amines) is 2. The SMILES string of the molecule is COc1cc(C(=O)N2CCC(C(=O)N3CCCCC3)CC2)cc(OC)c1C. The van der Waals surface area contributed by atoms with Crippen molar-refractivity contribution < 1.29 is 19.1 Å². The summed E-state index contributed by atoms with van der Waals surface area (Å²) in [5.41, 5.74) is 1.44. The summed E-state index contributed by atoms with van der Waals surface area (Å²) in [7, 11) is 3.18. The molecule has 0 aromatic heterocycles. The van der Waals surface area contributed by atoms with Crippen molar-refractivity contribution in [3.8, 4) is 11.5 Å². The van der Waals surface area contributed by atoms with Crippen LogP contribution in [-0.4, -0.2) is 62.0 Å². The number of methoxy groups -OCH3 is 2. The van der Waals surface area contributed by atoms with Gasteiger partial charge in [-0.05, 0) is 51.2 Å². The van der Waals surface area contributed by atoms with E-state index in [1.165, 1.54) is 6.42 Å². The van der Waals surface area contributed by atoms with Gasteiger partial charge >= 0.3 is 0 Å². The molecule has 2 saturated heterocycles. The number of carbonyl (C=O) groups is 2. The first-order valence-electron chi connectivity index (χ1n) is 9.85. The molecule has 0 N–H and O–H groups in total. The molecule has 1 aromatic carbocycles. The normalized spacial score (nSPS) is 18.3. The molecule has 0 saturated carbocycles. The van der Waals surface area contributed by atoms with Crippen LogP contribution in [0.1, 0.15) is 48.0 Å². The third kappa shape index (κ3) is 4.20. The van der Waals surface area contributed by atoms with E-state index in [0.717, 1.165) is 44.3 Å². The van der Waals surface area contributed by atoms with Crippen LogP contribution < -0.4 is 9.47 Å². The van der Waals surface area contributed by atoms with Crippen molar-refractivity contribution in [3.05, 3.63) is 23.3 Å². The van der Waals surface area contributed by atoms with Gasteiger partial charge in [-0.1, -0.05) is 0 Å². The van der Waals surface area contributed by atoms with Crippen molar-refractivity contribution in [2.75, 3.05) is 40.4 Å². The molecule has 6 heteroatoms. The van der Waals surface area contributed by atoms with Crippen LogP contribution in [0.25, 0.3) is 0 Å². The zero-order valence-corrected chi connectivity index (χ0v) is 16.6. The summed E-state index contributed by atoms with van der Waals surface area (Å²) in [4.78, 5) is 29.5. The number of rotatable bonds is 4. The van der Waals surface area contributed by atoms with Crippen molar-refractivity contribution in [2.45, 2.75) is 39.0 Å². The van der Waals surface area contributed by atoms with Crippen LogP contribution >= 0.6 is 0 Å². The summed E-state index contributed by atoms with van der Waals surface area (Å²) >= 11 is 0. The minimum Gasteiger partial charge on any atom is -0.496 e. The highest BCUT2D eigenvalue weighted by Gasteiger charge is 2.31. The van der Waals surface area contributed by atoms with E-state index in [9.17, 15) is 9.59 Å². The molecular formula is C21H30N2O4. The molecule has 2 heterocycles. The fraction of sp³-hybridized carbons (Fsp3) is 0.619. The highest BCUT2D eigenvalue weighted by Crippen LogP contribution is 2.31. The second-order valence-electron chi connectivity index (χ2n) is 7.46. The molecule has 0 spiro atoms. The Morgan fingerprint density at radius 3 is 1.96 bits per heavy atom. The second-order valence-corrected chi connectivity index (χ2v) is 7.46. The maximum atomic E-state index is 12.9. The Kier molecular flexibility index (Phi) is 6.24. The monoisotopic (exact) mass is 374 g/mol. The van der Waals surface area contributed by atoms with Crippen LogP contribution in [-0.2, 0) is 4.79 Å². The van der Waals surface area contributed by atoms with Gasteiger partial charge in [-0.15, -0.1) is 0 Å². The summed E-state index contributed by atoms with van der Waals surface area (Å²) in [6.45, 7) is 4.91. The van der Waals surface area contributed by atoms with E-state index in [1.807, 2.05) is 16.7 Å². The Bertz CT molecular complexity index is 664. The van der Waals surface area contributed by atoms with Gasteiger partial charge in [0.15, 0.2) is 0 Å². The molecular weight excluding hydrogens is 344 g/mol. The van der Waals surface area contributed by atoms with Gasteiger partial charge in [0.05, 0.1) is 14.2 Å². The lowest BCUT2D eigenvalue weighted by atomic mass is 9.94. The number of benzene rings is 1. The number of hydrogen-bond donors (Lipinski definition) is 0. The lowest BCUT2D eigenvalue weighted by Crippen LogP contribution is -2.45. The van der Waals surface area contributed by atoms with Gasteiger partial charge in [0, 0.05) is 43.2 Å². The first-order chi connectivity index (χ1) is 13.0. The average Bonchev–Trinajstić information content (AvgIpc) is 2.73. The summed E-state index contributed by atoms with van der Waals surface area (Å²) in [5.74, 6) is 1.59. The van der Waals surface area contributed by atoms with Gasteiger partial charge in [0.2, 0.25) is 5.91 Å². The summed E-state index contributed by atoms with van der Waals surface area (Å²) < 4.78 is 10.8. The Balaban J connectivity index is 1.64. The van der Waals surface area contributed by atoms with Gasteiger partial charge in [0.25, 0.3) is 5.91 Å². The van der Waals surface area contributed by atoms with E-state index >= 15 is 0 Å². The number of nitrogens with zero attached hydrogens (tertiary/aromatic N) is 2. The number of ether oxygens (including phenoxy) is 2. The number of hydrogen-bond acceptors (Lipinski definition) is 4. The van der Waals surface area contributed by atoms with Crippen molar-refractivity contribution in [1.82, 2.24) is 9.80 Å². The van der Waals surface area contributed by atoms with Crippen molar-refractivity contribution in [2.24, 2.45) is 5.92 Å². The molecule has 148 valence electrons.